The number of hydrogen-bond acceptors (Lipinski definition) is 3. The van der Waals surface area contributed by atoms with E-state index in [1.165, 1.54) is 6.33 Å². The Labute approximate surface area is 61.7 Å². The zero-order valence-electron chi connectivity index (χ0n) is 6.65. The molecule has 1 heterocycles. The molecule has 1 aromatic heterocycles. The van der Waals surface area contributed by atoms with Crippen molar-refractivity contribution in [2.45, 2.75) is 0 Å². The van der Waals surface area contributed by atoms with Crippen molar-refractivity contribution in [3.8, 4) is 0 Å². The normalized spacial score (nSPS) is 8.40. The van der Waals surface area contributed by atoms with Crippen LogP contribution in [0.4, 0.5) is 0 Å². The summed E-state index contributed by atoms with van der Waals surface area (Å²) in [4.78, 5) is 9.35. The number of aromatic nitrogens is 2. The van der Waals surface area contributed by atoms with Crippen LogP contribution in [0.5, 0.6) is 0 Å². The van der Waals surface area contributed by atoms with Crippen LogP contribution in [0, 0.1) is 0 Å². The molecular weight excluding hydrogens is 126 g/mol. The first-order chi connectivity index (χ1) is 4.73. The lowest BCUT2D eigenvalue weighted by Gasteiger charge is -1.90. The predicted molar refractivity (Wildman–Crippen MR) is 41.6 cm³/mol. The highest BCUT2D eigenvalue weighted by Crippen LogP contribution is 1.66. The van der Waals surface area contributed by atoms with Gasteiger partial charge in [0.2, 0.25) is 0 Å². The Hall–Kier alpha value is -0.960. The van der Waals surface area contributed by atoms with Crippen molar-refractivity contribution >= 4 is 0 Å². The Morgan fingerprint density at radius 1 is 1.00 bits per heavy atom. The van der Waals surface area contributed by atoms with Crippen LogP contribution in [0.15, 0.2) is 24.8 Å². The zero-order chi connectivity index (χ0) is 7.82. The minimum absolute atomic E-state index is 1.50. The third-order valence-electron chi connectivity index (χ3n) is 0.478. The lowest BCUT2D eigenvalue weighted by atomic mass is 10.7. The Balaban J connectivity index is 0.000000180. The number of nitrogens with zero attached hydrogens (tertiary/aromatic N) is 3. The van der Waals surface area contributed by atoms with Crippen LogP contribution < -0.4 is 0 Å². The van der Waals surface area contributed by atoms with E-state index in [0.717, 1.165) is 0 Å². The molecular formula is C7H13N3. The Kier molecular flexibility index (Phi) is 5.57. The maximum atomic E-state index is 3.67. The quantitative estimate of drug-likeness (QED) is 0.528. The van der Waals surface area contributed by atoms with Crippen LogP contribution in [0.1, 0.15) is 0 Å². The van der Waals surface area contributed by atoms with Crippen molar-refractivity contribution < 1.29 is 0 Å². The van der Waals surface area contributed by atoms with Crippen LogP contribution in [0.2, 0.25) is 0 Å². The Bertz CT molecular complexity index is 109. The summed E-state index contributed by atoms with van der Waals surface area (Å²) in [6.07, 6.45) is 4.88. The summed E-state index contributed by atoms with van der Waals surface area (Å²) in [5, 5.41) is 0. The average Bonchev–Trinajstić information content (AvgIpc) is 1.90. The van der Waals surface area contributed by atoms with E-state index in [0.29, 0.717) is 0 Å². The summed E-state index contributed by atoms with van der Waals surface area (Å²) in [5.74, 6) is 0. The van der Waals surface area contributed by atoms with E-state index in [1.54, 1.807) is 18.5 Å². The summed E-state index contributed by atoms with van der Waals surface area (Å²) in [7, 11) is 6.00. The molecule has 1 rings (SSSR count). The van der Waals surface area contributed by atoms with Crippen molar-refractivity contribution in [3.05, 3.63) is 24.8 Å². The number of hydrogen-bond donors (Lipinski definition) is 0. The van der Waals surface area contributed by atoms with Gasteiger partial charge in [-0.1, -0.05) is 0 Å². The van der Waals surface area contributed by atoms with E-state index >= 15 is 0 Å². The van der Waals surface area contributed by atoms with Crippen LogP contribution in [-0.4, -0.2) is 36.0 Å². The maximum absolute atomic E-state index is 3.67. The van der Waals surface area contributed by atoms with Gasteiger partial charge in [-0.2, -0.15) is 0 Å². The van der Waals surface area contributed by atoms with Gasteiger partial charge in [-0.3, -0.25) is 0 Å². The largest absolute Gasteiger partial charge is 0.312 e. The molecule has 0 aromatic carbocycles. The molecule has 0 radical (unpaired) electrons. The molecule has 0 fully saturated rings. The van der Waals surface area contributed by atoms with Crippen molar-refractivity contribution in [2.24, 2.45) is 0 Å². The second-order valence-electron chi connectivity index (χ2n) is 2.25. The fourth-order valence-corrected chi connectivity index (χ4v) is 0.253. The predicted octanol–water partition coefficient (Wildman–Crippen LogP) is 0.654. The van der Waals surface area contributed by atoms with Gasteiger partial charge in [-0.05, 0) is 27.2 Å². The van der Waals surface area contributed by atoms with Crippen molar-refractivity contribution in [3.63, 3.8) is 0 Å². The van der Waals surface area contributed by atoms with Gasteiger partial charge >= 0.3 is 0 Å². The molecule has 1 aromatic rings. The summed E-state index contributed by atoms with van der Waals surface area (Å²) in [5.41, 5.74) is 0. The Morgan fingerprint density at radius 2 is 1.40 bits per heavy atom. The standard InChI is InChI=1S/C4H4N2.C3H9N/c1-2-5-4-6-3-1;1-4(2)3/h1-4H;1-3H3. The lowest BCUT2D eigenvalue weighted by Crippen LogP contribution is -1.99. The molecule has 0 saturated carbocycles. The van der Waals surface area contributed by atoms with E-state index < -0.39 is 0 Å². The van der Waals surface area contributed by atoms with Gasteiger partial charge in [0.05, 0.1) is 0 Å². The van der Waals surface area contributed by atoms with Crippen LogP contribution in [0.25, 0.3) is 0 Å². The molecule has 0 atom stereocenters. The van der Waals surface area contributed by atoms with Gasteiger partial charge in [0.15, 0.2) is 0 Å². The monoisotopic (exact) mass is 139 g/mol. The first-order valence-electron chi connectivity index (χ1n) is 3.04. The van der Waals surface area contributed by atoms with E-state index in [1.807, 2.05) is 26.0 Å². The lowest BCUT2D eigenvalue weighted by molar-refractivity contribution is 0.505. The van der Waals surface area contributed by atoms with Crippen LogP contribution in [0.3, 0.4) is 0 Å². The van der Waals surface area contributed by atoms with Gasteiger partial charge in [0, 0.05) is 12.4 Å². The highest BCUT2D eigenvalue weighted by Gasteiger charge is 1.59. The SMILES string of the molecule is CN(C)C.c1cncnc1. The molecule has 0 aliphatic heterocycles. The fourth-order valence-electron chi connectivity index (χ4n) is 0.253. The highest BCUT2D eigenvalue weighted by atomic mass is 15.0. The molecule has 0 spiro atoms. The summed E-state index contributed by atoms with van der Waals surface area (Å²) in [6, 6.07) is 1.78. The average molecular weight is 139 g/mol. The topological polar surface area (TPSA) is 29.0 Å². The highest BCUT2D eigenvalue weighted by molar-refractivity contribution is 4.74. The summed E-state index contributed by atoms with van der Waals surface area (Å²) < 4.78 is 0. The zero-order valence-corrected chi connectivity index (χ0v) is 6.65. The first kappa shape index (κ1) is 9.04. The second-order valence-corrected chi connectivity index (χ2v) is 2.25. The smallest absolute Gasteiger partial charge is 0.115 e. The molecule has 0 N–H and O–H groups in total. The van der Waals surface area contributed by atoms with E-state index in [2.05, 4.69) is 9.97 Å². The van der Waals surface area contributed by atoms with Gasteiger partial charge in [-0.15, -0.1) is 0 Å². The van der Waals surface area contributed by atoms with Gasteiger partial charge in [-0.25, -0.2) is 9.97 Å². The van der Waals surface area contributed by atoms with Gasteiger partial charge < -0.3 is 4.90 Å². The minimum atomic E-state index is 1.50. The minimum Gasteiger partial charge on any atom is -0.312 e. The van der Waals surface area contributed by atoms with Crippen molar-refractivity contribution in [1.29, 1.82) is 0 Å². The molecule has 3 nitrogen and oxygen atoms in total. The molecule has 10 heavy (non-hydrogen) atoms. The fraction of sp³-hybridized carbons (Fsp3) is 0.429. The third-order valence-corrected chi connectivity index (χ3v) is 0.478. The van der Waals surface area contributed by atoms with E-state index in [-0.39, 0.29) is 0 Å². The molecule has 0 saturated heterocycles. The summed E-state index contributed by atoms with van der Waals surface area (Å²) >= 11 is 0. The van der Waals surface area contributed by atoms with E-state index in [4.69, 9.17) is 0 Å². The van der Waals surface area contributed by atoms with Crippen molar-refractivity contribution in [2.75, 3.05) is 21.1 Å². The maximum Gasteiger partial charge on any atom is 0.115 e. The molecule has 0 amide bonds. The second kappa shape index (κ2) is 6.16. The molecule has 0 bridgehead atoms. The van der Waals surface area contributed by atoms with Crippen LogP contribution in [-0.2, 0) is 0 Å². The third kappa shape index (κ3) is 10.1. The molecule has 0 aliphatic rings. The number of rotatable bonds is 0. The first-order valence-corrected chi connectivity index (χ1v) is 3.04. The van der Waals surface area contributed by atoms with Gasteiger partial charge in [0.1, 0.15) is 6.33 Å². The Morgan fingerprint density at radius 3 is 1.50 bits per heavy atom. The molecule has 0 aliphatic carbocycles. The molecule has 3 heteroatoms. The summed E-state index contributed by atoms with van der Waals surface area (Å²) in [6.45, 7) is 0. The van der Waals surface area contributed by atoms with Crippen molar-refractivity contribution in [1.82, 2.24) is 14.9 Å². The molecule has 0 unspecified atom stereocenters. The molecule has 56 valence electrons. The van der Waals surface area contributed by atoms with E-state index in [9.17, 15) is 0 Å². The van der Waals surface area contributed by atoms with Gasteiger partial charge in [0.25, 0.3) is 0 Å². The van der Waals surface area contributed by atoms with Crippen LogP contribution >= 0.6 is 0 Å².